The van der Waals surface area contributed by atoms with Crippen molar-refractivity contribution in [1.82, 2.24) is 25.4 Å². The fourth-order valence-corrected chi connectivity index (χ4v) is 1.60. The average molecular weight is 269 g/mol. The maximum atomic E-state index is 11.8. The molecule has 1 aromatic heterocycles. The molecule has 0 saturated heterocycles. The third-order valence-electron chi connectivity index (χ3n) is 2.82. The van der Waals surface area contributed by atoms with Crippen molar-refractivity contribution >= 4 is 5.91 Å². The Labute approximate surface area is 113 Å². The van der Waals surface area contributed by atoms with E-state index in [0.717, 1.165) is 18.8 Å². The Kier molecular flexibility index (Phi) is 7.06. The minimum atomic E-state index is -0.260. The summed E-state index contributed by atoms with van der Waals surface area (Å²) in [5.74, 6) is 0.820. The number of methoxy groups -OCH3 is 1. The number of ether oxygens (including phenoxy) is 1. The zero-order valence-corrected chi connectivity index (χ0v) is 11.8. The molecule has 1 unspecified atom stereocenters. The molecule has 0 aliphatic carbocycles. The second kappa shape index (κ2) is 8.60. The van der Waals surface area contributed by atoms with Gasteiger partial charge in [0.05, 0.1) is 12.6 Å². The Morgan fingerprint density at radius 2 is 2.37 bits per heavy atom. The van der Waals surface area contributed by atoms with Crippen molar-refractivity contribution in [1.29, 1.82) is 0 Å². The van der Waals surface area contributed by atoms with Crippen LogP contribution < -0.4 is 10.6 Å². The van der Waals surface area contributed by atoms with Crippen LogP contribution in [0.1, 0.15) is 26.1 Å². The predicted octanol–water partition coefficient (Wildman–Crippen LogP) is -0.0712. The molecular formula is C12H23N5O2. The number of carbonyl (C=O) groups is 1. The highest BCUT2D eigenvalue weighted by atomic mass is 16.5. The standard InChI is InChI=1S/C12H23N5O2/c1-4-17-9-15-16-11(17)8-14-10(2)12(18)13-6-5-7-19-3/h9-10,14H,4-8H2,1-3H3,(H,13,18). The molecule has 1 rings (SSSR count). The van der Waals surface area contributed by atoms with E-state index in [1.54, 1.807) is 13.4 Å². The summed E-state index contributed by atoms with van der Waals surface area (Å²) in [5.41, 5.74) is 0. The quantitative estimate of drug-likeness (QED) is 0.613. The van der Waals surface area contributed by atoms with E-state index in [1.807, 2.05) is 18.4 Å². The van der Waals surface area contributed by atoms with Gasteiger partial charge in [-0.15, -0.1) is 10.2 Å². The lowest BCUT2D eigenvalue weighted by Crippen LogP contribution is -2.42. The molecule has 0 bridgehead atoms. The number of nitrogens with zero attached hydrogens (tertiary/aromatic N) is 3. The van der Waals surface area contributed by atoms with Crippen molar-refractivity contribution in [2.24, 2.45) is 0 Å². The number of rotatable bonds is 9. The summed E-state index contributed by atoms with van der Waals surface area (Å²) in [6.07, 6.45) is 2.51. The second-order valence-corrected chi connectivity index (χ2v) is 4.27. The van der Waals surface area contributed by atoms with E-state index in [0.29, 0.717) is 19.7 Å². The van der Waals surface area contributed by atoms with Crippen LogP contribution >= 0.6 is 0 Å². The first-order valence-corrected chi connectivity index (χ1v) is 6.55. The Morgan fingerprint density at radius 1 is 1.58 bits per heavy atom. The Hall–Kier alpha value is -1.47. The highest BCUT2D eigenvalue weighted by Crippen LogP contribution is 1.95. The largest absolute Gasteiger partial charge is 0.385 e. The summed E-state index contributed by atoms with van der Waals surface area (Å²) >= 11 is 0. The van der Waals surface area contributed by atoms with Crippen molar-refractivity contribution in [3.8, 4) is 0 Å². The molecule has 0 aromatic carbocycles. The van der Waals surface area contributed by atoms with Crippen molar-refractivity contribution in [3.63, 3.8) is 0 Å². The Morgan fingerprint density at radius 3 is 3.05 bits per heavy atom. The molecule has 1 heterocycles. The number of nitrogens with one attached hydrogen (secondary N) is 2. The Bertz CT molecular complexity index is 380. The van der Waals surface area contributed by atoms with Crippen LogP contribution in [-0.2, 0) is 22.6 Å². The lowest BCUT2D eigenvalue weighted by Gasteiger charge is -2.13. The van der Waals surface area contributed by atoms with Gasteiger partial charge in [-0.25, -0.2) is 0 Å². The van der Waals surface area contributed by atoms with E-state index in [2.05, 4.69) is 20.8 Å². The molecule has 0 aliphatic heterocycles. The molecule has 1 aromatic rings. The van der Waals surface area contributed by atoms with Crippen LogP contribution in [0.25, 0.3) is 0 Å². The van der Waals surface area contributed by atoms with E-state index in [-0.39, 0.29) is 11.9 Å². The minimum Gasteiger partial charge on any atom is -0.385 e. The fraction of sp³-hybridized carbons (Fsp3) is 0.750. The molecule has 108 valence electrons. The van der Waals surface area contributed by atoms with Crippen molar-refractivity contribution in [2.75, 3.05) is 20.3 Å². The fourth-order valence-electron chi connectivity index (χ4n) is 1.60. The maximum Gasteiger partial charge on any atom is 0.236 e. The van der Waals surface area contributed by atoms with E-state index in [9.17, 15) is 4.79 Å². The van der Waals surface area contributed by atoms with Gasteiger partial charge in [-0.05, 0) is 20.3 Å². The number of carbonyl (C=O) groups excluding carboxylic acids is 1. The molecule has 0 fully saturated rings. The first kappa shape index (κ1) is 15.6. The van der Waals surface area contributed by atoms with Crippen LogP contribution in [0.2, 0.25) is 0 Å². The number of aryl methyl sites for hydroxylation is 1. The normalized spacial score (nSPS) is 12.4. The molecule has 0 radical (unpaired) electrons. The lowest BCUT2D eigenvalue weighted by molar-refractivity contribution is -0.122. The van der Waals surface area contributed by atoms with Gasteiger partial charge in [0.15, 0.2) is 0 Å². The number of hydrogen-bond donors (Lipinski definition) is 2. The number of hydrogen-bond acceptors (Lipinski definition) is 5. The summed E-state index contributed by atoms with van der Waals surface area (Å²) in [7, 11) is 1.65. The maximum absolute atomic E-state index is 11.8. The van der Waals surface area contributed by atoms with Gasteiger partial charge in [0.2, 0.25) is 5.91 Å². The zero-order chi connectivity index (χ0) is 14.1. The van der Waals surface area contributed by atoms with Gasteiger partial charge in [-0.3, -0.25) is 10.1 Å². The van der Waals surface area contributed by atoms with E-state index < -0.39 is 0 Å². The number of aromatic nitrogens is 3. The van der Waals surface area contributed by atoms with Gasteiger partial charge < -0.3 is 14.6 Å². The van der Waals surface area contributed by atoms with Crippen LogP contribution in [0.3, 0.4) is 0 Å². The molecule has 0 spiro atoms. The van der Waals surface area contributed by atoms with Gasteiger partial charge in [0, 0.05) is 26.8 Å². The van der Waals surface area contributed by atoms with Crippen LogP contribution in [0.15, 0.2) is 6.33 Å². The molecule has 19 heavy (non-hydrogen) atoms. The number of amides is 1. The van der Waals surface area contributed by atoms with Crippen molar-refractivity contribution in [2.45, 2.75) is 39.4 Å². The first-order valence-electron chi connectivity index (χ1n) is 6.55. The third-order valence-corrected chi connectivity index (χ3v) is 2.82. The predicted molar refractivity (Wildman–Crippen MR) is 71.5 cm³/mol. The molecule has 2 N–H and O–H groups in total. The van der Waals surface area contributed by atoms with E-state index in [4.69, 9.17) is 4.74 Å². The average Bonchev–Trinajstić information content (AvgIpc) is 2.88. The van der Waals surface area contributed by atoms with Gasteiger partial charge in [-0.2, -0.15) is 0 Å². The van der Waals surface area contributed by atoms with Crippen molar-refractivity contribution in [3.05, 3.63) is 12.2 Å². The van der Waals surface area contributed by atoms with Crippen LogP contribution in [0, 0.1) is 0 Å². The highest BCUT2D eigenvalue weighted by Gasteiger charge is 2.12. The summed E-state index contributed by atoms with van der Waals surface area (Å²) in [4.78, 5) is 11.8. The first-order chi connectivity index (χ1) is 9.19. The van der Waals surface area contributed by atoms with E-state index >= 15 is 0 Å². The molecule has 7 nitrogen and oxygen atoms in total. The zero-order valence-electron chi connectivity index (χ0n) is 11.8. The summed E-state index contributed by atoms with van der Waals surface area (Å²) < 4.78 is 6.86. The minimum absolute atomic E-state index is 0.0151. The lowest BCUT2D eigenvalue weighted by atomic mass is 10.3. The summed E-state index contributed by atoms with van der Waals surface area (Å²) in [5, 5.41) is 13.8. The van der Waals surface area contributed by atoms with E-state index in [1.165, 1.54) is 0 Å². The van der Waals surface area contributed by atoms with Gasteiger partial charge in [-0.1, -0.05) is 0 Å². The van der Waals surface area contributed by atoms with Gasteiger partial charge in [0.1, 0.15) is 12.2 Å². The molecule has 7 heteroatoms. The molecule has 0 saturated carbocycles. The highest BCUT2D eigenvalue weighted by molar-refractivity contribution is 5.81. The van der Waals surface area contributed by atoms with Crippen LogP contribution in [0.4, 0.5) is 0 Å². The summed E-state index contributed by atoms with van der Waals surface area (Å²) in [6, 6.07) is -0.260. The van der Waals surface area contributed by atoms with Crippen LogP contribution in [0.5, 0.6) is 0 Å². The monoisotopic (exact) mass is 269 g/mol. The smallest absolute Gasteiger partial charge is 0.236 e. The van der Waals surface area contributed by atoms with Gasteiger partial charge >= 0.3 is 0 Å². The molecule has 1 atom stereocenters. The second-order valence-electron chi connectivity index (χ2n) is 4.27. The van der Waals surface area contributed by atoms with Crippen molar-refractivity contribution < 1.29 is 9.53 Å². The summed E-state index contributed by atoms with van der Waals surface area (Å²) in [6.45, 7) is 6.49. The SMILES string of the molecule is CCn1cnnc1CNC(C)C(=O)NCCCOC. The molecule has 1 amide bonds. The topological polar surface area (TPSA) is 81.1 Å². The molecular weight excluding hydrogens is 246 g/mol. The Balaban J connectivity index is 2.26. The third kappa shape index (κ3) is 5.35. The molecule has 0 aliphatic rings. The van der Waals surface area contributed by atoms with Gasteiger partial charge in [0.25, 0.3) is 0 Å². The van der Waals surface area contributed by atoms with Crippen LogP contribution in [-0.4, -0.2) is 47.0 Å².